The summed E-state index contributed by atoms with van der Waals surface area (Å²) in [7, 11) is -2.44. The maximum Gasteiger partial charge on any atom is 0.255 e. The van der Waals surface area contributed by atoms with Crippen LogP contribution in [0.25, 0.3) is 10.8 Å². The number of nitrogens with zero attached hydrogens (tertiary/aromatic N) is 3. The molecule has 1 amide bonds. The summed E-state index contributed by atoms with van der Waals surface area (Å²) in [6.07, 6.45) is 2.99. The van der Waals surface area contributed by atoms with Gasteiger partial charge in [-0.15, -0.1) is 0 Å². The number of likely N-dealkylation sites (N-methyl/N-ethyl adjacent to an activating group) is 1. The minimum Gasteiger partial charge on any atom is -0.272 e. The molecular formula is C19H18N4O3S. The molecular weight excluding hydrogens is 364 g/mol. The second-order valence-corrected chi connectivity index (χ2v) is 7.86. The zero-order valence-electron chi connectivity index (χ0n) is 14.6. The summed E-state index contributed by atoms with van der Waals surface area (Å²) in [4.78, 5) is 16.1. The highest BCUT2D eigenvalue weighted by Crippen LogP contribution is 2.21. The summed E-state index contributed by atoms with van der Waals surface area (Å²) in [5, 5.41) is 5.54. The number of carbonyl (C=O) groups excluding carboxylic acids is 1. The van der Waals surface area contributed by atoms with Gasteiger partial charge in [-0.3, -0.25) is 9.78 Å². The number of carbonyl (C=O) groups is 1. The molecule has 0 fully saturated rings. The molecule has 0 saturated carbocycles. The van der Waals surface area contributed by atoms with Crippen LogP contribution in [0.1, 0.15) is 5.69 Å². The maximum atomic E-state index is 12.7. The van der Waals surface area contributed by atoms with Gasteiger partial charge in [-0.25, -0.2) is 13.8 Å². The Kier molecular flexibility index (Phi) is 5.58. The molecule has 0 radical (unpaired) electrons. The lowest BCUT2D eigenvalue weighted by atomic mass is 10.1. The average molecular weight is 382 g/mol. The van der Waals surface area contributed by atoms with Gasteiger partial charge in [0.15, 0.2) is 0 Å². The normalized spacial score (nSPS) is 11.9. The number of fused-ring (bicyclic) bond motifs is 1. The van der Waals surface area contributed by atoms with Gasteiger partial charge >= 0.3 is 0 Å². The highest BCUT2D eigenvalue weighted by Gasteiger charge is 2.23. The molecule has 0 aliphatic rings. The minimum atomic E-state index is -3.79. The van der Waals surface area contributed by atoms with Gasteiger partial charge in [0.05, 0.1) is 23.3 Å². The van der Waals surface area contributed by atoms with Gasteiger partial charge in [-0.05, 0) is 35.0 Å². The second-order valence-electron chi connectivity index (χ2n) is 5.82. The van der Waals surface area contributed by atoms with Crippen LogP contribution in [0.3, 0.4) is 0 Å². The Morgan fingerprint density at radius 1 is 1.11 bits per heavy atom. The second kappa shape index (κ2) is 8.07. The first-order valence-corrected chi connectivity index (χ1v) is 9.59. The topological polar surface area (TPSA) is 91.7 Å². The Morgan fingerprint density at radius 3 is 2.59 bits per heavy atom. The van der Waals surface area contributed by atoms with Crippen LogP contribution in [0.5, 0.6) is 0 Å². The maximum absolute atomic E-state index is 12.7. The number of nitrogens with one attached hydrogen (secondary N) is 1. The van der Waals surface area contributed by atoms with Crippen LogP contribution in [-0.4, -0.2) is 43.4 Å². The van der Waals surface area contributed by atoms with Crippen molar-refractivity contribution < 1.29 is 13.2 Å². The first kappa shape index (κ1) is 18.7. The molecule has 2 aromatic carbocycles. The smallest absolute Gasteiger partial charge is 0.255 e. The zero-order valence-corrected chi connectivity index (χ0v) is 15.4. The van der Waals surface area contributed by atoms with Crippen LogP contribution < -0.4 is 5.43 Å². The molecule has 7 nitrogen and oxygen atoms in total. The monoisotopic (exact) mass is 382 g/mol. The van der Waals surface area contributed by atoms with Gasteiger partial charge in [0.25, 0.3) is 5.91 Å². The lowest BCUT2D eigenvalue weighted by Crippen LogP contribution is -2.36. The van der Waals surface area contributed by atoms with Gasteiger partial charge in [0.1, 0.15) is 0 Å². The van der Waals surface area contributed by atoms with Gasteiger partial charge in [0, 0.05) is 13.2 Å². The molecule has 1 heterocycles. The molecule has 3 aromatic rings. The molecule has 0 bridgehead atoms. The van der Waals surface area contributed by atoms with Crippen LogP contribution in [0.2, 0.25) is 0 Å². The van der Waals surface area contributed by atoms with E-state index in [0.717, 1.165) is 15.1 Å². The number of benzene rings is 2. The largest absolute Gasteiger partial charge is 0.272 e. The first-order chi connectivity index (χ1) is 13.0. The highest BCUT2D eigenvalue weighted by atomic mass is 32.2. The van der Waals surface area contributed by atoms with Crippen molar-refractivity contribution >= 4 is 32.9 Å². The van der Waals surface area contributed by atoms with Crippen molar-refractivity contribution in [2.24, 2.45) is 5.10 Å². The van der Waals surface area contributed by atoms with E-state index >= 15 is 0 Å². The standard InChI is InChI=1S/C19H18N4O3S/c1-23(14-19(24)22-21-13-17-8-4-5-11-20-17)27(25,26)18-10-9-15-6-2-3-7-16(15)12-18/h2-13H,14H2,1H3,(H,22,24). The fourth-order valence-corrected chi connectivity index (χ4v) is 3.62. The van der Waals surface area contributed by atoms with E-state index in [-0.39, 0.29) is 11.4 Å². The SMILES string of the molecule is CN(CC(=O)NN=Cc1ccccn1)S(=O)(=O)c1ccc2ccccc2c1. The Hall–Kier alpha value is -3.10. The fourth-order valence-electron chi connectivity index (χ4n) is 2.45. The van der Waals surface area contributed by atoms with Crippen LogP contribution in [0, 0.1) is 0 Å². The van der Waals surface area contributed by atoms with Crippen LogP contribution in [-0.2, 0) is 14.8 Å². The molecule has 138 valence electrons. The molecule has 0 aliphatic heterocycles. The van der Waals surface area contributed by atoms with E-state index in [2.05, 4.69) is 15.5 Å². The molecule has 0 aliphatic carbocycles. The number of amides is 1. The molecule has 0 saturated heterocycles. The minimum absolute atomic E-state index is 0.133. The van der Waals surface area contributed by atoms with Crippen molar-refractivity contribution in [3.8, 4) is 0 Å². The van der Waals surface area contributed by atoms with Crippen molar-refractivity contribution in [1.82, 2.24) is 14.7 Å². The van der Waals surface area contributed by atoms with E-state index < -0.39 is 15.9 Å². The summed E-state index contributed by atoms with van der Waals surface area (Å²) >= 11 is 0. The van der Waals surface area contributed by atoms with Gasteiger partial charge in [0.2, 0.25) is 10.0 Å². The van der Waals surface area contributed by atoms with Crippen LogP contribution in [0.4, 0.5) is 0 Å². The third kappa shape index (κ3) is 4.55. The number of rotatable bonds is 6. The average Bonchev–Trinajstić information content (AvgIpc) is 2.68. The third-order valence-corrected chi connectivity index (χ3v) is 5.67. The van der Waals surface area contributed by atoms with E-state index in [4.69, 9.17) is 0 Å². The lowest BCUT2D eigenvalue weighted by Gasteiger charge is -2.16. The molecule has 27 heavy (non-hydrogen) atoms. The summed E-state index contributed by atoms with van der Waals surface area (Å²) in [5.74, 6) is -0.547. The van der Waals surface area contributed by atoms with E-state index in [1.807, 2.05) is 24.3 Å². The zero-order chi connectivity index (χ0) is 19.3. The summed E-state index contributed by atoms with van der Waals surface area (Å²) in [6, 6.07) is 17.6. The van der Waals surface area contributed by atoms with Crippen molar-refractivity contribution in [1.29, 1.82) is 0 Å². The number of pyridine rings is 1. The number of hydrogen-bond donors (Lipinski definition) is 1. The Balaban J connectivity index is 1.67. The summed E-state index contributed by atoms with van der Waals surface area (Å²) in [5.41, 5.74) is 2.88. The predicted molar refractivity (Wildman–Crippen MR) is 104 cm³/mol. The number of hydrogen-bond acceptors (Lipinski definition) is 5. The summed E-state index contributed by atoms with van der Waals surface area (Å²) in [6.45, 7) is -0.352. The van der Waals surface area contributed by atoms with Crippen molar-refractivity contribution in [3.05, 3.63) is 72.6 Å². The molecule has 0 atom stereocenters. The highest BCUT2D eigenvalue weighted by molar-refractivity contribution is 7.89. The Morgan fingerprint density at radius 2 is 1.85 bits per heavy atom. The van der Waals surface area contributed by atoms with Crippen molar-refractivity contribution in [2.45, 2.75) is 4.90 Å². The quantitative estimate of drug-likeness (QED) is 0.521. The van der Waals surface area contributed by atoms with Crippen LogP contribution in [0.15, 0.2) is 76.9 Å². The van der Waals surface area contributed by atoms with E-state index in [0.29, 0.717) is 5.69 Å². The van der Waals surface area contributed by atoms with Gasteiger partial charge < -0.3 is 0 Å². The van der Waals surface area contributed by atoms with Crippen molar-refractivity contribution in [3.63, 3.8) is 0 Å². The lowest BCUT2D eigenvalue weighted by molar-refractivity contribution is -0.121. The number of aromatic nitrogens is 1. The number of sulfonamides is 1. The van der Waals surface area contributed by atoms with E-state index in [9.17, 15) is 13.2 Å². The molecule has 8 heteroatoms. The molecule has 3 rings (SSSR count). The van der Waals surface area contributed by atoms with Crippen LogP contribution >= 0.6 is 0 Å². The fraction of sp³-hybridized carbons (Fsp3) is 0.105. The first-order valence-electron chi connectivity index (χ1n) is 8.15. The Labute approximate surface area is 157 Å². The third-order valence-electron chi connectivity index (χ3n) is 3.87. The van der Waals surface area contributed by atoms with E-state index in [1.54, 1.807) is 36.5 Å². The molecule has 1 N–H and O–H groups in total. The Bertz CT molecular complexity index is 1080. The molecule has 0 spiro atoms. The summed E-state index contributed by atoms with van der Waals surface area (Å²) < 4.78 is 26.4. The predicted octanol–water partition coefficient (Wildman–Crippen LogP) is 2.01. The molecule has 0 unspecified atom stereocenters. The van der Waals surface area contributed by atoms with Gasteiger partial charge in [-0.1, -0.05) is 36.4 Å². The number of hydrazone groups is 1. The van der Waals surface area contributed by atoms with E-state index in [1.165, 1.54) is 19.3 Å². The van der Waals surface area contributed by atoms with Gasteiger partial charge in [-0.2, -0.15) is 9.41 Å². The van der Waals surface area contributed by atoms with Crippen molar-refractivity contribution in [2.75, 3.05) is 13.6 Å². The molecule has 1 aromatic heterocycles.